The number of rotatable bonds is 8. The lowest BCUT2D eigenvalue weighted by molar-refractivity contribution is -0.137. The first-order valence-electron chi connectivity index (χ1n) is 9.05. The second-order valence-corrected chi connectivity index (χ2v) is 6.38. The molecule has 0 radical (unpaired) electrons. The van der Waals surface area contributed by atoms with Gasteiger partial charge in [-0.05, 0) is 35.8 Å². The minimum atomic E-state index is -4.41. The molecule has 0 aliphatic heterocycles. The van der Waals surface area contributed by atoms with Gasteiger partial charge in [-0.3, -0.25) is 9.69 Å². The van der Waals surface area contributed by atoms with Crippen molar-refractivity contribution in [1.29, 1.82) is 0 Å². The lowest BCUT2D eigenvalue weighted by Gasteiger charge is -2.20. The maximum atomic E-state index is 12.8. The molecule has 0 bridgehead atoms. The highest BCUT2D eigenvalue weighted by molar-refractivity contribution is 5.78. The first-order valence-corrected chi connectivity index (χ1v) is 9.05. The first-order chi connectivity index (χ1) is 12.8. The SMILES string of the molecule is CCN(CC)Cc1ccccc1CNC(=O)Cc1cccc(C(F)(F)F)c1. The zero-order valence-electron chi connectivity index (χ0n) is 15.6. The van der Waals surface area contributed by atoms with Gasteiger partial charge in [0.05, 0.1) is 12.0 Å². The lowest BCUT2D eigenvalue weighted by Crippen LogP contribution is -2.27. The van der Waals surface area contributed by atoms with Crippen LogP contribution in [0, 0.1) is 0 Å². The smallest absolute Gasteiger partial charge is 0.352 e. The maximum absolute atomic E-state index is 12.8. The molecule has 1 N–H and O–H groups in total. The van der Waals surface area contributed by atoms with Gasteiger partial charge in [0.25, 0.3) is 0 Å². The van der Waals surface area contributed by atoms with Crippen molar-refractivity contribution in [3.8, 4) is 0 Å². The predicted molar refractivity (Wildman–Crippen MR) is 100 cm³/mol. The summed E-state index contributed by atoms with van der Waals surface area (Å²) in [6.45, 7) is 7.23. The molecule has 0 heterocycles. The summed E-state index contributed by atoms with van der Waals surface area (Å²) in [6, 6.07) is 12.8. The molecule has 0 aliphatic rings. The Labute approximate surface area is 158 Å². The Bertz CT molecular complexity index is 755. The quantitative estimate of drug-likeness (QED) is 0.738. The highest BCUT2D eigenvalue weighted by atomic mass is 19.4. The number of benzene rings is 2. The van der Waals surface area contributed by atoms with Gasteiger partial charge in [0, 0.05) is 13.1 Å². The summed E-state index contributed by atoms with van der Waals surface area (Å²) in [6.07, 6.45) is -4.49. The van der Waals surface area contributed by atoms with Crippen molar-refractivity contribution >= 4 is 5.91 Å². The van der Waals surface area contributed by atoms with E-state index in [2.05, 4.69) is 24.1 Å². The Hall–Kier alpha value is -2.34. The number of hydrogen-bond acceptors (Lipinski definition) is 2. The molecule has 0 aromatic heterocycles. The number of halogens is 3. The fraction of sp³-hybridized carbons (Fsp3) is 0.381. The number of hydrogen-bond donors (Lipinski definition) is 1. The second-order valence-electron chi connectivity index (χ2n) is 6.38. The fourth-order valence-corrected chi connectivity index (χ4v) is 2.87. The Morgan fingerprint density at radius 3 is 2.30 bits per heavy atom. The summed E-state index contributed by atoms with van der Waals surface area (Å²) in [4.78, 5) is 14.5. The summed E-state index contributed by atoms with van der Waals surface area (Å²) < 4.78 is 38.3. The normalized spacial score (nSPS) is 11.6. The van der Waals surface area contributed by atoms with Crippen molar-refractivity contribution < 1.29 is 18.0 Å². The van der Waals surface area contributed by atoms with E-state index in [9.17, 15) is 18.0 Å². The molecule has 6 heteroatoms. The Balaban J connectivity index is 1.98. The van der Waals surface area contributed by atoms with Crippen LogP contribution in [0.3, 0.4) is 0 Å². The van der Waals surface area contributed by atoms with Crippen LogP contribution >= 0.6 is 0 Å². The van der Waals surface area contributed by atoms with Gasteiger partial charge in [0.2, 0.25) is 5.91 Å². The molecule has 146 valence electrons. The average Bonchev–Trinajstić information content (AvgIpc) is 2.64. The summed E-state index contributed by atoms with van der Waals surface area (Å²) in [7, 11) is 0. The van der Waals surface area contributed by atoms with Crippen molar-refractivity contribution in [1.82, 2.24) is 10.2 Å². The van der Waals surface area contributed by atoms with Gasteiger partial charge in [0.1, 0.15) is 0 Å². The van der Waals surface area contributed by atoms with Crippen LogP contribution in [0.4, 0.5) is 13.2 Å². The minimum absolute atomic E-state index is 0.0812. The van der Waals surface area contributed by atoms with Gasteiger partial charge in [-0.25, -0.2) is 0 Å². The van der Waals surface area contributed by atoms with E-state index in [1.165, 1.54) is 12.1 Å². The molecule has 0 aliphatic carbocycles. The van der Waals surface area contributed by atoms with Crippen molar-refractivity contribution in [2.24, 2.45) is 0 Å². The van der Waals surface area contributed by atoms with E-state index in [1.807, 2.05) is 24.3 Å². The zero-order chi connectivity index (χ0) is 19.9. The molecule has 2 aromatic rings. The van der Waals surface area contributed by atoms with Crippen LogP contribution in [-0.4, -0.2) is 23.9 Å². The van der Waals surface area contributed by atoms with Crippen LogP contribution in [-0.2, 0) is 30.5 Å². The predicted octanol–water partition coefficient (Wildman–Crippen LogP) is 4.41. The van der Waals surface area contributed by atoms with Crippen LogP contribution in [0.15, 0.2) is 48.5 Å². The van der Waals surface area contributed by atoms with E-state index in [0.717, 1.165) is 42.9 Å². The number of amides is 1. The highest BCUT2D eigenvalue weighted by Gasteiger charge is 2.30. The topological polar surface area (TPSA) is 32.3 Å². The number of carbonyl (C=O) groups excluding carboxylic acids is 1. The molecule has 0 atom stereocenters. The van der Waals surface area contributed by atoms with Crippen LogP contribution in [0.1, 0.15) is 36.1 Å². The number of nitrogens with one attached hydrogen (secondary N) is 1. The largest absolute Gasteiger partial charge is 0.416 e. The summed E-state index contributed by atoms with van der Waals surface area (Å²) in [5.74, 6) is -0.299. The molecule has 0 unspecified atom stereocenters. The van der Waals surface area contributed by atoms with Crippen molar-refractivity contribution in [3.63, 3.8) is 0 Å². The summed E-state index contributed by atoms with van der Waals surface area (Å²) in [5.41, 5.74) is 1.76. The summed E-state index contributed by atoms with van der Waals surface area (Å²) in [5, 5.41) is 2.82. The second kappa shape index (κ2) is 9.55. The van der Waals surface area contributed by atoms with Crippen LogP contribution < -0.4 is 5.32 Å². The Morgan fingerprint density at radius 1 is 1.00 bits per heavy atom. The minimum Gasteiger partial charge on any atom is -0.352 e. The number of carbonyl (C=O) groups is 1. The molecule has 3 nitrogen and oxygen atoms in total. The van der Waals surface area contributed by atoms with Gasteiger partial charge >= 0.3 is 6.18 Å². The molecule has 0 saturated carbocycles. The van der Waals surface area contributed by atoms with Crippen LogP contribution in [0.5, 0.6) is 0 Å². The van der Waals surface area contributed by atoms with Crippen LogP contribution in [0.25, 0.3) is 0 Å². The molecule has 0 fully saturated rings. The number of nitrogens with zero attached hydrogens (tertiary/aromatic N) is 1. The third-order valence-corrected chi connectivity index (χ3v) is 4.50. The lowest BCUT2D eigenvalue weighted by atomic mass is 10.1. The molecular weight excluding hydrogens is 353 g/mol. The van der Waals surface area contributed by atoms with E-state index in [4.69, 9.17) is 0 Å². The first kappa shape index (κ1) is 21.0. The fourth-order valence-electron chi connectivity index (χ4n) is 2.87. The standard InChI is InChI=1S/C21H25F3N2O/c1-3-26(4-2)15-18-10-6-5-9-17(18)14-25-20(27)13-16-8-7-11-19(12-16)21(22,23)24/h5-12H,3-4,13-15H2,1-2H3,(H,25,27). The highest BCUT2D eigenvalue weighted by Crippen LogP contribution is 2.29. The van der Waals surface area contributed by atoms with Crippen LogP contribution in [0.2, 0.25) is 0 Å². The van der Waals surface area contributed by atoms with Gasteiger partial charge in [-0.2, -0.15) is 13.2 Å². The third kappa shape index (κ3) is 6.40. The molecule has 0 spiro atoms. The molecule has 2 aromatic carbocycles. The van der Waals surface area contributed by atoms with E-state index in [1.54, 1.807) is 0 Å². The number of alkyl halides is 3. The van der Waals surface area contributed by atoms with E-state index in [0.29, 0.717) is 12.1 Å². The Morgan fingerprint density at radius 2 is 1.67 bits per heavy atom. The monoisotopic (exact) mass is 378 g/mol. The van der Waals surface area contributed by atoms with E-state index < -0.39 is 11.7 Å². The molecule has 1 amide bonds. The van der Waals surface area contributed by atoms with Gasteiger partial charge < -0.3 is 5.32 Å². The van der Waals surface area contributed by atoms with Crippen molar-refractivity contribution in [2.75, 3.05) is 13.1 Å². The van der Waals surface area contributed by atoms with Gasteiger partial charge in [-0.15, -0.1) is 0 Å². The van der Waals surface area contributed by atoms with E-state index >= 15 is 0 Å². The molecular formula is C21H25F3N2O. The zero-order valence-corrected chi connectivity index (χ0v) is 15.6. The average molecular weight is 378 g/mol. The van der Waals surface area contributed by atoms with Gasteiger partial charge in [-0.1, -0.05) is 56.3 Å². The molecule has 0 saturated heterocycles. The summed E-state index contributed by atoms with van der Waals surface area (Å²) >= 11 is 0. The maximum Gasteiger partial charge on any atom is 0.416 e. The van der Waals surface area contributed by atoms with Crippen molar-refractivity contribution in [2.45, 2.75) is 39.5 Å². The Kier molecular flexibility index (Phi) is 7.42. The van der Waals surface area contributed by atoms with Gasteiger partial charge in [0.15, 0.2) is 0 Å². The third-order valence-electron chi connectivity index (χ3n) is 4.50. The van der Waals surface area contributed by atoms with E-state index in [-0.39, 0.29) is 12.3 Å². The van der Waals surface area contributed by atoms with Crippen molar-refractivity contribution in [3.05, 3.63) is 70.8 Å². The molecule has 27 heavy (non-hydrogen) atoms. The molecule has 2 rings (SSSR count).